The Morgan fingerprint density at radius 1 is 0.935 bits per heavy atom. The number of benzene rings is 3. The Balaban J connectivity index is 1.39. The molecule has 0 N–H and O–H groups in total. The minimum absolute atomic E-state index is 0.256. The van der Waals surface area contributed by atoms with Crippen molar-refractivity contribution in [3.05, 3.63) is 95.1 Å². The zero-order chi connectivity index (χ0) is 21.6. The third-order valence-electron chi connectivity index (χ3n) is 5.38. The van der Waals surface area contributed by atoms with Gasteiger partial charge in [-0.25, -0.2) is 8.78 Å². The van der Waals surface area contributed by atoms with E-state index in [2.05, 4.69) is 24.0 Å². The van der Waals surface area contributed by atoms with Gasteiger partial charge in [0.15, 0.2) is 17.9 Å². The van der Waals surface area contributed by atoms with Crippen LogP contribution in [0.3, 0.4) is 0 Å². The molecule has 158 valence electrons. The number of allylic oxidation sites excluding steroid dienone is 2. The molecule has 0 saturated carbocycles. The summed E-state index contributed by atoms with van der Waals surface area (Å²) in [5.41, 5.74) is 2.57. The fourth-order valence-corrected chi connectivity index (χ4v) is 3.61. The van der Waals surface area contributed by atoms with Crippen LogP contribution >= 0.6 is 0 Å². The summed E-state index contributed by atoms with van der Waals surface area (Å²) in [5.74, 6) is 4.95. The van der Waals surface area contributed by atoms with Crippen LogP contribution in [0.1, 0.15) is 42.7 Å². The largest absolute Gasteiger partial charge is 0.348 e. The lowest BCUT2D eigenvalue weighted by molar-refractivity contribution is -0.205. The molecule has 1 aliphatic heterocycles. The molecular weight excluding hydrogens is 394 g/mol. The summed E-state index contributed by atoms with van der Waals surface area (Å²) in [6.45, 7) is 3.44. The van der Waals surface area contributed by atoms with Crippen LogP contribution in [0.4, 0.5) is 8.78 Å². The Hall–Kier alpha value is -3.00. The maximum Gasteiger partial charge on any atom is 0.183 e. The fraction of sp³-hybridized carbons (Fsp3) is 0.259. The molecule has 0 unspecified atom stereocenters. The van der Waals surface area contributed by atoms with Gasteiger partial charge in [-0.05, 0) is 55.5 Å². The van der Waals surface area contributed by atoms with Gasteiger partial charge in [0.2, 0.25) is 0 Å². The predicted molar refractivity (Wildman–Crippen MR) is 118 cm³/mol. The lowest BCUT2D eigenvalue weighted by Crippen LogP contribution is -2.27. The van der Waals surface area contributed by atoms with Gasteiger partial charge in [-0.1, -0.05) is 48.3 Å². The molecule has 0 radical (unpaired) electrons. The molecule has 1 heterocycles. The van der Waals surface area contributed by atoms with Crippen LogP contribution in [-0.4, -0.2) is 13.2 Å². The van der Waals surface area contributed by atoms with Crippen LogP contribution in [0, 0.1) is 29.4 Å². The molecule has 3 aromatic rings. The molecule has 0 bridgehead atoms. The fourth-order valence-electron chi connectivity index (χ4n) is 3.61. The summed E-state index contributed by atoms with van der Waals surface area (Å²) in [5, 5.41) is 0.878. The first kappa shape index (κ1) is 21.2. The van der Waals surface area contributed by atoms with E-state index in [0.29, 0.717) is 24.5 Å². The molecular formula is C27H24F2O2. The minimum atomic E-state index is -0.846. The Kier molecular flexibility index (Phi) is 6.76. The molecule has 4 heteroatoms. The lowest BCUT2D eigenvalue weighted by atomic mass is 10.0. The number of halogens is 2. The predicted octanol–water partition coefficient (Wildman–Crippen LogP) is 6.54. The van der Waals surface area contributed by atoms with Crippen molar-refractivity contribution < 1.29 is 18.3 Å². The molecule has 4 rings (SSSR count). The summed E-state index contributed by atoms with van der Waals surface area (Å²) in [7, 11) is 0. The number of ether oxygens (including phenoxy) is 2. The zero-order valence-electron chi connectivity index (χ0n) is 17.4. The highest BCUT2D eigenvalue weighted by Gasteiger charge is 2.22. The molecule has 2 nitrogen and oxygen atoms in total. The van der Waals surface area contributed by atoms with Crippen LogP contribution in [0.15, 0.2) is 66.7 Å². The Labute approximate surface area is 181 Å². The van der Waals surface area contributed by atoms with E-state index in [-0.39, 0.29) is 11.7 Å². The van der Waals surface area contributed by atoms with Gasteiger partial charge in [-0.3, -0.25) is 0 Å². The van der Waals surface area contributed by atoms with Crippen LogP contribution in [0.2, 0.25) is 0 Å². The van der Waals surface area contributed by atoms with Crippen LogP contribution in [0.5, 0.6) is 0 Å². The number of fused-ring (bicyclic) bond motifs is 1. The van der Waals surface area contributed by atoms with Crippen molar-refractivity contribution in [1.29, 1.82) is 0 Å². The van der Waals surface area contributed by atoms with Gasteiger partial charge in [0.05, 0.1) is 13.2 Å². The Morgan fingerprint density at radius 3 is 2.39 bits per heavy atom. The molecule has 0 amide bonds. The van der Waals surface area contributed by atoms with Crippen molar-refractivity contribution in [2.24, 2.45) is 5.92 Å². The molecule has 3 aromatic carbocycles. The summed E-state index contributed by atoms with van der Waals surface area (Å²) in [6.07, 6.45) is 6.02. The van der Waals surface area contributed by atoms with E-state index < -0.39 is 11.6 Å². The summed E-state index contributed by atoms with van der Waals surface area (Å²) < 4.78 is 39.0. The van der Waals surface area contributed by atoms with Gasteiger partial charge in [-0.2, -0.15) is 0 Å². The summed E-state index contributed by atoms with van der Waals surface area (Å²) in [4.78, 5) is 0. The van der Waals surface area contributed by atoms with E-state index in [1.54, 1.807) is 24.3 Å². The second kappa shape index (κ2) is 9.87. The van der Waals surface area contributed by atoms with Gasteiger partial charge in [0.25, 0.3) is 0 Å². The van der Waals surface area contributed by atoms with E-state index in [0.717, 1.165) is 35.6 Å². The third-order valence-corrected chi connectivity index (χ3v) is 5.38. The topological polar surface area (TPSA) is 18.5 Å². The number of hydrogen-bond acceptors (Lipinski definition) is 2. The van der Waals surface area contributed by atoms with Crippen molar-refractivity contribution >= 4 is 10.8 Å². The third kappa shape index (κ3) is 5.19. The quantitative estimate of drug-likeness (QED) is 0.354. The highest BCUT2D eigenvalue weighted by Crippen LogP contribution is 2.27. The Bertz CT molecular complexity index is 1130. The molecule has 0 aromatic heterocycles. The standard InChI is InChI=1S/C27H24F2O2/c1-2-3-4-5-21-17-30-27(31-18-21)22-11-8-19(9-12-22)6-7-20-10-14-24-23(16-20)13-15-25(28)26(24)29/h2-3,8-16,21,27H,4-5,17-18H2,1H3/b3-2+. The first-order chi connectivity index (χ1) is 15.1. The van der Waals surface area contributed by atoms with E-state index in [4.69, 9.17) is 9.47 Å². The smallest absolute Gasteiger partial charge is 0.183 e. The second-order valence-corrected chi connectivity index (χ2v) is 7.68. The first-order valence-corrected chi connectivity index (χ1v) is 10.5. The maximum absolute atomic E-state index is 13.8. The SMILES string of the molecule is C/C=C/CCC1COC(c2ccc(C#Cc3ccc4c(F)c(F)ccc4c3)cc2)OC1. The maximum atomic E-state index is 13.8. The number of rotatable bonds is 4. The van der Waals surface area contributed by atoms with E-state index in [9.17, 15) is 8.78 Å². The molecule has 0 atom stereocenters. The molecule has 1 saturated heterocycles. The molecule has 0 aliphatic carbocycles. The highest BCUT2D eigenvalue weighted by atomic mass is 19.2. The monoisotopic (exact) mass is 418 g/mol. The van der Waals surface area contributed by atoms with Crippen molar-refractivity contribution in [3.63, 3.8) is 0 Å². The van der Waals surface area contributed by atoms with Gasteiger partial charge < -0.3 is 9.47 Å². The highest BCUT2D eigenvalue weighted by molar-refractivity contribution is 5.84. The van der Waals surface area contributed by atoms with Crippen molar-refractivity contribution in [2.45, 2.75) is 26.1 Å². The van der Waals surface area contributed by atoms with Gasteiger partial charge >= 0.3 is 0 Å². The Morgan fingerprint density at radius 2 is 1.65 bits per heavy atom. The van der Waals surface area contributed by atoms with Gasteiger partial charge in [0, 0.05) is 28.0 Å². The first-order valence-electron chi connectivity index (χ1n) is 10.5. The van der Waals surface area contributed by atoms with Gasteiger partial charge in [0.1, 0.15) is 0 Å². The summed E-state index contributed by atoms with van der Waals surface area (Å²) >= 11 is 0. The van der Waals surface area contributed by atoms with Crippen molar-refractivity contribution in [3.8, 4) is 11.8 Å². The van der Waals surface area contributed by atoms with Crippen LogP contribution < -0.4 is 0 Å². The normalized spacial score (nSPS) is 18.8. The molecule has 0 spiro atoms. The van der Waals surface area contributed by atoms with E-state index >= 15 is 0 Å². The van der Waals surface area contributed by atoms with Crippen molar-refractivity contribution in [1.82, 2.24) is 0 Å². The number of hydrogen-bond donors (Lipinski definition) is 0. The minimum Gasteiger partial charge on any atom is -0.348 e. The van der Waals surface area contributed by atoms with E-state index in [1.165, 1.54) is 0 Å². The summed E-state index contributed by atoms with van der Waals surface area (Å²) in [6, 6.07) is 15.5. The average molecular weight is 418 g/mol. The van der Waals surface area contributed by atoms with Crippen LogP contribution in [-0.2, 0) is 9.47 Å². The van der Waals surface area contributed by atoms with Crippen LogP contribution in [0.25, 0.3) is 10.8 Å². The van der Waals surface area contributed by atoms with Crippen molar-refractivity contribution in [2.75, 3.05) is 13.2 Å². The molecule has 1 fully saturated rings. The molecule has 1 aliphatic rings. The zero-order valence-corrected chi connectivity index (χ0v) is 17.4. The second-order valence-electron chi connectivity index (χ2n) is 7.68. The average Bonchev–Trinajstić information content (AvgIpc) is 2.81. The van der Waals surface area contributed by atoms with Gasteiger partial charge in [-0.15, -0.1) is 0 Å². The lowest BCUT2D eigenvalue weighted by Gasteiger charge is -2.29. The molecule has 31 heavy (non-hydrogen) atoms. The van der Waals surface area contributed by atoms with E-state index in [1.807, 2.05) is 31.2 Å².